The van der Waals surface area contributed by atoms with Gasteiger partial charge in [0.05, 0.1) is 18.2 Å². The number of aromatic amines is 1. The van der Waals surface area contributed by atoms with Gasteiger partial charge in [0, 0.05) is 37.3 Å². The number of piperidine rings is 1. The molecule has 1 fully saturated rings. The summed E-state index contributed by atoms with van der Waals surface area (Å²) in [5, 5.41) is 6.95. The van der Waals surface area contributed by atoms with E-state index in [-0.39, 0.29) is 23.7 Å². The first-order valence-electron chi connectivity index (χ1n) is 12.0. The van der Waals surface area contributed by atoms with E-state index in [0.29, 0.717) is 51.2 Å². The van der Waals surface area contributed by atoms with Crippen molar-refractivity contribution in [3.63, 3.8) is 0 Å². The quantitative estimate of drug-likeness (QED) is 0.542. The van der Waals surface area contributed by atoms with Crippen molar-refractivity contribution in [2.75, 3.05) is 26.2 Å². The lowest BCUT2D eigenvalue weighted by molar-refractivity contribution is -0.135. The van der Waals surface area contributed by atoms with Gasteiger partial charge in [0.15, 0.2) is 0 Å². The summed E-state index contributed by atoms with van der Waals surface area (Å²) in [6.45, 7) is 11.2. The Bertz CT molecular complexity index is 1020. The number of hydrogen-bond donors (Lipinski definition) is 2. The highest BCUT2D eigenvalue weighted by molar-refractivity contribution is 5.90. The van der Waals surface area contributed by atoms with Crippen LogP contribution in [0.3, 0.4) is 0 Å². The number of rotatable bonds is 9. The van der Waals surface area contributed by atoms with Crippen molar-refractivity contribution >= 4 is 17.8 Å². The van der Waals surface area contributed by atoms with Crippen LogP contribution in [0.5, 0.6) is 0 Å². The molecule has 2 N–H and O–H groups in total. The Morgan fingerprint density at radius 3 is 2.62 bits per heavy atom. The second-order valence-corrected chi connectivity index (χ2v) is 8.97. The SMILES string of the molecule is CCOC(=O)c1[nH]c(C)c(CCC(=O)N2CCC[C@H](C(=O)NCCc3c(C)noc3C)C2)c1C. The number of carbonyl (C=O) groups is 3. The average Bonchev–Trinajstić information content (AvgIpc) is 3.29. The summed E-state index contributed by atoms with van der Waals surface area (Å²) >= 11 is 0. The molecule has 0 aromatic carbocycles. The smallest absolute Gasteiger partial charge is 0.355 e. The van der Waals surface area contributed by atoms with Gasteiger partial charge in [-0.1, -0.05) is 5.16 Å². The number of nitrogens with one attached hydrogen (secondary N) is 2. The van der Waals surface area contributed by atoms with Crippen LogP contribution >= 0.6 is 0 Å². The fourth-order valence-corrected chi connectivity index (χ4v) is 4.69. The Labute approximate surface area is 200 Å². The number of aryl methyl sites for hydroxylation is 3. The average molecular weight is 473 g/mol. The van der Waals surface area contributed by atoms with Crippen LogP contribution in [0, 0.1) is 33.6 Å². The van der Waals surface area contributed by atoms with Gasteiger partial charge in [-0.15, -0.1) is 0 Å². The monoisotopic (exact) mass is 472 g/mol. The summed E-state index contributed by atoms with van der Waals surface area (Å²) in [5.74, 6) is 0.225. The molecule has 2 aromatic heterocycles. The molecular weight excluding hydrogens is 436 g/mol. The fraction of sp³-hybridized carbons (Fsp3) is 0.600. The van der Waals surface area contributed by atoms with E-state index in [1.165, 1.54) is 0 Å². The lowest BCUT2D eigenvalue weighted by atomic mass is 9.96. The molecule has 0 bridgehead atoms. The van der Waals surface area contributed by atoms with Crippen LogP contribution in [0.15, 0.2) is 4.52 Å². The summed E-state index contributed by atoms with van der Waals surface area (Å²) in [4.78, 5) is 42.7. The van der Waals surface area contributed by atoms with Crippen LogP contribution < -0.4 is 5.32 Å². The molecule has 9 heteroatoms. The van der Waals surface area contributed by atoms with E-state index in [0.717, 1.165) is 46.7 Å². The molecule has 1 aliphatic rings. The molecule has 1 atom stereocenters. The molecule has 9 nitrogen and oxygen atoms in total. The molecule has 0 unspecified atom stereocenters. The maximum atomic E-state index is 12.9. The van der Waals surface area contributed by atoms with Crippen LogP contribution in [0.2, 0.25) is 0 Å². The molecule has 1 saturated heterocycles. The van der Waals surface area contributed by atoms with Gasteiger partial charge in [-0.05, 0) is 71.4 Å². The Kier molecular flexibility index (Phi) is 8.52. The Morgan fingerprint density at radius 1 is 1.18 bits per heavy atom. The highest BCUT2D eigenvalue weighted by atomic mass is 16.5. The molecule has 0 saturated carbocycles. The van der Waals surface area contributed by atoms with Gasteiger partial charge in [0.25, 0.3) is 0 Å². The lowest BCUT2D eigenvalue weighted by Gasteiger charge is -2.32. The van der Waals surface area contributed by atoms with E-state index in [4.69, 9.17) is 9.26 Å². The zero-order valence-electron chi connectivity index (χ0n) is 20.9. The second kappa shape index (κ2) is 11.4. The number of amides is 2. The van der Waals surface area contributed by atoms with Gasteiger partial charge >= 0.3 is 5.97 Å². The molecule has 3 rings (SSSR count). The first kappa shape index (κ1) is 25.5. The van der Waals surface area contributed by atoms with Crippen molar-refractivity contribution in [2.24, 2.45) is 5.92 Å². The molecule has 2 aromatic rings. The van der Waals surface area contributed by atoms with E-state index in [1.807, 2.05) is 27.7 Å². The van der Waals surface area contributed by atoms with Crippen LogP contribution in [-0.2, 0) is 27.2 Å². The number of esters is 1. The molecule has 186 valence electrons. The Morgan fingerprint density at radius 2 is 1.94 bits per heavy atom. The maximum absolute atomic E-state index is 12.9. The number of likely N-dealkylation sites (tertiary alicyclic amines) is 1. The van der Waals surface area contributed by atoms with Crippen molar-refractivity contribution in [3.8, 4) is 0 Å². The largest absolute Gasteiger partial charge is 0.461 e. The molecule has 3 heterocycles. The molecule has 2 amide bonds. The zero-order valence-corrected chi connectivity index (χ0v) is 20.9. The van der Waals surface area contributed by atoms with E-state index in [9.17, 15) is 14.4 Å². The van der Waals surface area contributed by atoms with Crippen molar-refractivity contribution in [1.29, 1.82) is 0 Å². The first-order chi connectivity index (χ1) is 16.2. The van der Waals surface area contributed by atoms with Crippen molar-refractivity contribution in [1.82, 2.24) is 20.4 Å². The van der Waals surface area contributed by atoms with Crippen LogP contribution in [0.25, 0.3) is 0 Å². The molecule has 1 aliphatic heterocycles. The molecule has 0 spiro atoms. The Hall–Kier alpha value is -3.10. The summed E-state index contributed by atoms with van der Waals surface area (Å²) in [7, 11) is 0. The second-order valence-electron chi connectivity index (χ2n) is 8.97. The van der Waals surface area contributed by atoms with Crippen molar-refractivity contribution < 1.29 is 23.6 Å². The maximum Gasteiger partial charge on any atom is 0.355 e. The highest BCUT2D eigenvalue weighted by Crippen LogP contribution is 2.22. The van der Waals surface area contributed by atoms with Crippen LogP contribution in [0.4, 0.5) is 0 Å². The number of carbonyl (C=O) groups excluding carboxylic acids is 3. The molecular formula is C25H36N4O5. The fourth-order valence-electron chi connectivity index (χ4n) is 4.69. The number of H-pyrrole nitrogens is 1. The van der Waals surface area contributed by atoms with E-state index in [1.54, 1.807) is 11.8 Å². The minimum absolute atomic E-state index is 0.0133. The number of nitrogens with zero attached hydrogens (tertiary/aromatic N) is 2. The molecule has 0 radical (unpaired) electrons. The standard InChI is InChI=1S/C25H36N4O5/c1-6-33-25(32)23-15(2)20(16(3)27-23)9-10-22(30)29-13-7-8-19(14-29)24(31)26-12-11-21-17(4)28-34-18(21)5/h19,27H,6-14H2,1-5H3,(H,26,31)/t19-/m0/s1. The van der Waals surface area contributed by atoms with E-state index >= 15 is 0 Å². The van der Waals surface area contributed by atoms with Gasteiger partial charge in [-0.25, -0.2) is 4.79 Å². The lowest BCUT2D eigenvalue weighted by Crippen LogP contribution is -2.45. The Balaban J connectivity index is 1.50. The summed E-state index contributed by atoms with van der Waals surface area (Å²) in [5.41, 5.74) is 5.02. The summed E-state index contributed by atoms with van der Waals surface area (Å²) in [6, 6.07) is 0. The third-order valence-corrected chi connectivity index (χ3v) is 6.66. The third-order valence-electron chi connectivity index (χ3n) is 6.66. The molecule has 34 heavy (non-hydrogen) atoms. The van der Waals surface area contributed by atoms with E-state index < -0.39 is 0 Å². The van der Waals surface area contributed by atoms with Gasteiger partial charge in [0.1, 0.15) is 11.5 Å². The predicted octanol–water partition coefficient (Wildman–Crippen LogP) is 2.94. The van der Waals surface area contributed by atoms with Gasteiger partial charge < -0.3 is 24.5 Å². The third kappa shape index (κ3) is 5.87. The topological polar surface area (TPSA) is 118 Å². The van der Waals surface area contributed by atoms with Crippen LogP contribution in [-0.4, -0.2) is 59.1 Å². The minimum atomic E-state index is -0.375. The molecule has 0 aliphatic carbocycles. The van der Waals surface area contributed by atoms with Crippen molar-refractivity contribution in [3.05, 3.63) is 39.5 Å². The highest BCUT2D eigenvalue weighted by Gasteiger charge is 2.28. The summed E-state index contributed by atoms with van der Waals surface area (Å²) < 4.78 is 10.3. The van der Waals surface area contributed by atoms with Gasteiger partial charge in [-0.2, -0.15) is 0 Å². The summed E-state index contributed by atoms with van der Waals surface area (Å²) in [6.07, 6.45) is 3.13. The normalized spacial score (nSPS) is 15.9. The number of ether oxygens (including phenoxy) is 1. The van der Waals surface area contributed by atoms with Crippen molar-refractivity contribution in [2.45, 2.75) is 66.7 Å². The zero-order chi connectivity index (χ0) is 24.8. The minimum Gasteiger partial charge on any atom is -0.461 e. The number of aromatic nitrogens is 2. The van der Waals surface area contributed by atoms with Crippen LogP contribution in [0.1, 0.15) is 70.5 Å². The van der Waals surface area contributed by atoms with Gasteiger partial charge in [-0.3, -0.25) is 9.59 Å². The van der Waals surface area contributed by atoms with E-state index in [2.05, 4.69) is 15.5 Å². The predicted molar refractivity (Wildman–Crippen MR) is 127 cm³/mol. The number of hydrogen-bond acceptors (Lipinski definition) is 6. The first-order valence-corrected chi connectivity index (χ1v) is 12.0. The van der Waals surface area contributed by atoms with Gasteiger partial charge in [0.2, 0.25) is 11.8 Å².